The zero-order chi connectivity index (χ0) is 18.9. The third kappa shape index (κ3) is 5.47. The van der Waals surface area contributed by atoms with Crippen LogP contribution in [0.3, 0.4) is 0 Å². The van der Waals surface area contributed by atoms with Crippen LogP contribution in [0.5, 0.6) is 0 Å². The molecule has 2 rings (SSSR count). The van der Waals surface area contributed by atoms with Crippen molar-refractivity contribution in [1.29, 1.82) is 0 Å². The van der Waals surface area contributed by atoms with Gasteiger partial charge in [0.15, 0.2) is 5.96 Å². The van der Waals surface area contributed by atoms with Crippen LogP contribution in [0.2, 0.25) is 0 Å². The Morgan fingerprint density at radius 1 is 1.27 bits per heavy atom. The molecule has 26 heavy (non-hydrogen) atoms. The number of hydrogen-bond donors (Lipinski definition) is 1. The largest absolute Gasteiger partial charge is 0.381 e. The van der Waals surface area contributed by atoms with Crippen LogP contribution < -0.4 is 5.32 Å². The summed E-state index contributed by atoms with van der Waals surface area (Å²) in [6.07, 6.45) is 5.53. The molecule has 0 saturated carbocycles. The van der Waals surface area contributed by atoms with Crippen molar-refractivity contribution in [3.05, 3.63) is 17.0 Å². The normalized spacial score (nSPS) is 16.1. The van der Waals surface area contributed by atoms with Crippen molar-refractivity contribution in [2.24, 2.45) is 18.0 Å². The monoisotopic (exact) mass is 363 g/mol. The first-order chi connectivity index (χ1) is 12.6. The molecular formula is C20H37N5O. The molecule has 0 radical (unpaired) electrons. The molecule has 1 aromatic heterocycles. The number of rotatable bonds is 8. The minimum absolute atomic E-state index is 0.699. The van der Waals surface area contributed by atoms with Crippen molar-refractivity contribution in [3.63, 3.8) is 0 Å². The van der Waals surface area contributed by atoms with E-state index >= 15 is 0 Å². The van der Waals surface area contributed by atoms with Crippen LogP contribution in [0.1, 0.15) is 57.0 Å². The number of ether oxygens (including phenoxy) is 1. The Kier molecular flexibility index (Phi) is 8.42. The first-order valence-corrected chi connectivity index (χ1v) is 10.2. The van der Waals surface area contributed by atoms with E-state index in [1.165, 1.54) is 36.2 Å². The highest BCUT2D eigenvalue weighted by atomic mass is 16.5. The van der Waals surface area contributed by atoms with Crippen LogP contribution in [0.25, 0.3) is 0 Å². The predicted molar refractivity (Wildman–Crippen MR) is 108 cm³/mol. The summed E-state index contributed by atoms with van der Waals surface area (Å²) < 4.78 is 7.49. The van der Waals surface area contributed by atoms with Gasteiger partial charge in [-0.2, -0.15) is 5.10 Å². The van der Waals surface area contributed by atoms with Gasteiger partial charge in [-0.15, -0.1) is 0 Å². The fourth-order valence-electron chi connectivity index (χ4n) is 3.71. The number of nitrogens with one attached hydrogen (secondary N) is 1. The lowest BCUT2D eigenvalue weighted by molar-refractivity contribution is 0.0625. The van der Waals surface area contributed by atoms with Crippen molar-refractivity contribution in [2.45, 2.75) is 59.4 Å². The second kappa shape index (κ2) is 10.6. The second-order valence-electron chi connectivity index (χ2n) is 7.14. The number of aryl methyl sites for hydroxylation is 2. The topological polar surface area (TPSA) is 54.7 Å². The van der Waals surface area contributed by atoms with Gasteiger partial charge >= 0.3 is 0 Å². The molecule has 2 heterocycles. The Morgan fingerprint density at radius 3 is 2.62 bits per heavy atom. The van der Waals surface area contributed by atoms with Crippen molar-refractivity contribution >= 4 is 5.96 Å². The molecular weight excluding hydrogens is 326 g/mol. The number of aromatic nitrogens is 2. The van der Waals surface area contributed by atoms with Crippen LogP contribution in [0.15, 0.2) is 4.99 Å². The molecule has 0 spiro atoms. The molecule has 1 saturated heterocycles. The molecule has 0 bridgehead atoms. The molecule has 1 aromatic rings. The van der Waals surface area contributed by atoms with Gasteiger partial charge < -0.3 is 15.0 Å². The fourth-order valence-corrected chi connectivity index (χ4v) is 3.71. The lowest BCUT2D eigenvalue weighted by Gasteiger charge is -2.27. The maximum Gasteiger partial charge on any atom is 0.193 e. The smallest absolute Gasteiger partial charge is 0.193 e. The van der Waals surface area contributed by atoms with E-state index < -0.39 is 0 Å². The van der Waals surface area contributed by atoms with Gasteiger partial charge in [-0.25, -0.2) is 4.99 Å². The average Bonchev–Trinajstić information content (AvgIpc) is 2.98. The summed E-state index contributed by atoms with van der Waals surface area (Å²) >= 11 is 0. The highest BCUT2D eigenvalue weighted by Crippen LogP contribution is 2.19. The Bertz CT molecular complexity index is 575. The summed E-state index contributed by atoms with van der Waals surface area (Å²) in [7, 11) is 4.18. The van der Waals surface area contributed by atoms with E-state index in [1.807, 2.05) is 11.7 Å². The van der Waals surface area contributed by atoms with E-state index in [9.17, 15) is 0 Å². The highest BCUT2D eigenvalue weighted by molar-refractivity contribution is 5.79. The zero-order valence-corrected chi connectivity index (χ0v) is 17.3. The average molecular weight is 364 g/mol. The minimum Gasteiger partial charge on any atom is -0.381 e. The molecule has 6 nitrogen and oxygen atoms in total. The fraction of sp³-hybridized carbons (Fsp3) is 0.800. The van der Waals surface area contributed by atoms with Crippen LogP contribution in [-0.4, -0.2) is 54.0 Å². The summed E-state index contributed by atoms with van der Waals surface area (Å²) in [5, 5.41) is 8.11. The molecule has 1 aliphatic heterocycles. The Morgan fingerprint density at radius 2 is 2.00 bits per heavy atom. The van der Waals surface area contributed by atoms with Crippen molar-refractivity contribution < 1.29 is 4.74 Å². The Labute approximate surface area is 159 Å². The quantitative estimate of drug-likeness (QED) is 0.570. The van der Waals surface area contributed by atoms with Gasteiger partial charge in [0.05, 0.1) is 12.2 Å². The van der Waals surface area contributed by atoms with Gasteiger partial charge in [0, 0.05) is 51.7 Å². The number of nitrogens with zero attached hydrogens (tertiary/aromatic N) is 4. The van der Waals surface area contributed by atoms with Crippen molar-refractivity contribution in [2.75, 3.05) is 33.4 Å². The standard InChI is InChI=1S/C20H37N5O/c1-6-18-17(19(7-2)25(5)23-18)15-22-20(21-8-3)24(4)12-9-16-10-13-26-14-11-16/h16H,6-15H2,1-5H3,(H,21,22). The van der Waals surface area contributed by atoms with E-state index in [1.54, 1.807) is 0 Å². The summed E-state index contributed by atoms with van der Waals surface area (Å²) in [4.78, 5) is 7.20. The summed E-state index contributed by atoms with van der Waals surface area (Å²) in [5.74, 6) is 1.78. The van der Waals surface area contributed by atoms with Gasteiger partial charge in [-0.05, 0) is 44.9 Å². The highest BCUT2D eigenvalue weighted by Gasteiger charge is 2.17. The van der Waals surface area contributed by atoms with Crippen LogP contribution in [-0.2, 0) is 31.2 Å². The third-order valence-electron chi connectivity index (χ3n) is 5.32. The minimum atomic E-state index is 0.699. The lowest BCUT2D eigenvalue weighted by Crippen LogP contribution is -2.40. The molecule has 0 aromatic carbocycles. The summed E-state index contributed by atoms with van der Waals surface area (Å²) in [5.41, 5.74) is 3.77. The molecule has 1 aliphatic rings. The molecule has 0 atom stereocenters. The van der Waals surface area contributed by atoms with E-state index in [0.29, 0.717) is 6.54 Å². The maximum absolute atomic E-state index is 5.47. The SMILES string of the molecule is CCNC(=NCc1c(CC)nn(C)c1CC)N(C)CCC1CCOCC1. The van der Waals surface area contributed by atoms with E-state index in [4.69, 9.17) is 9.73 Å². The van der Waals surface area contributed by atoms with E-state index in [0.717, 1.165) is 51.0 Å². The predicted octanol–water partition coefficient (Wildman–Crippen LogP) is 2.76. The molecule has 148 valence electrons. The molecule has 0 aliphatic carbocycles. The Balaban J connectivity index is 2.03. The van der Waals surface area contributed by atoms with Crippen molar-refractivity contribution in [3.8, 4) is 0 Å². The van der Waals surface area contributed by atoms with Gasteiger partial charge in [-0.3, -0.25) is 4.68 Å². The second-order valence-corrected chi connectivity index (χ2v) is 7.14. The zero-order valence-electron chi connectivity index (χ0n) is 17.3. The first-order valence-electron chi connectivity index (χ1n) is 10.2. The van der Waals surface area contributed by atoms with Crippen molar-refractivity contribution in [1.82, 2.24) is 20.0 Å². The third-order valence-corrected chi connectivity index (χ3v) is 5.32. The van der Waals surface area contributed by atoms with Crippen LogP contribution in [0.4, 0.5) is 0 Å². The number of aliphatic imine (C=N–C) groups is 1. The van der Waals surface area contributed by atoms with E-state index in [-0.39, 0.29) is 0 Å². The van der Waals surface area contributed by atoms with Gasteiger partial charge in [-0.1, -0.05) is 13.8 Å². The lowest BCUT2D eigenvalue weighted by atomic mass is 9.96. The first kappa shape index (κ1) is 20.7. The summed E-state index contributed by atoms with van der Waals surface area (Å²) in [6.45, 7) is 10.9. The maximum atomic E-state index is 5.47. The molecule has 1 fully saturated rings. The number of guanidine groups is 1. The van der Waals surface area contributed by atoms with Gasteiger partial charge in [0.25, 0.3) is 0 Å². The van der Waals surface area contributed by atoms with Gasteiger partial charge in [0.1, 0.15) is 0 Å². The molecule has 6 heteroatoms. The van der Waals surface area contributed by atoms with E-state index in [2.05, 4.69) is 43.1 Å². The summed E-state index contributed by atoms with van der Waals surface area (Å²) in [6, 6.07) is 0. The van der Waals surface area contributed by atoms with Crippen LogP contribution >= 0.6 is 0 Å². The number of hydrogen-bond acceptors (Lipinski definition) is 3. The van der Waals surface area contributed by atoms with Crippen LogP contribution in [0, 0.1) is 5.92 Å². The Hall–Kier alpha value is -1.56. The molecule has 0 amide bonds. The molecule has 1 N–H and O–H groups in total. The molecule has 0 unspecified atom stereocenters. The van der Waals surface area contributed by atoms with Gasteiger partial charge in [0.2, 0.25) is 0 Å².